The highest BCUT2D eigenvalue weighted by atomic mass is 32.1. The number of aryl methyl sites for hydroxylation is 1. The van der Waals surface area contributed by atoms with Gasteiger partial charge in [0.15, 0.2) is 0 Å². The van der Waals surface area contributed by atoms with E-state index in [1.54, 1.807) is 11.3 Å². The molecule has 18 heavy (non-hydrogen) atoms. The number of hydrogen-bond acceptors (Lipinski definition) is 4. The Balaban J connectivity index is 2.02. The molecular weight excluding hydrogens is 242 g/mol. The van der Waals surface area contributed by atoms with Gasteiger partial charge in [0.1, 0.15) is 0 Å². The number of nitrogens with zero attached hydrogens (tertiary/aromatic N) is 1. The number of aromatic nitrogens is 1. The molecule has 0 amide bonds. The minimum absolute atomic E-state index is 0.390. The van der Waals surface area contributed by atoms with Gasteiger partial charge in [-0.15, -0.1) is 11.3 Å². The second-order valence-electron chi connectivity index (χ2n) is 5.48. The van der Waals surface area contributed by atoms with Crippen LogP contribution < -0.4 is 11.3 Å². The van der Waals surface area contributed by atoms with Gasteiger partial charge in [-0.25, -0.2) is 4.98 Å². The quantitative estimate of drug-likeness (QED) is 0.637. The highest BCUT2D eigenvalue weighted by Crippen LogP contribution is 2.35. The van der Waals surface area contributed by atoms with Gasteiger partial charge >= 0.3 is 0 Å². The molecule has 1 saturated carbocycles. The predicted molar refractivity (Wildman–Crippen MR) is 77.4 cm³/mol. The summed E-state index contributed by atoms with van der Waals surface area (Å²) in [6, 6.07) is 0.390. The number of rotatable bonds is 5. The standard InChI is InChI=1S/C14H25N3S/c1-3-11-6-4-5-7-12(11)13(17-15)8-14-16-10(2)9-18-14/h9,11-13,17H,3-8,15H2,1-2H3. The van der Waals surface area contributed by atoms with E-state index in [4.69, 9.17) is 5.84 Å². The molecule has 3 atom stereocenters. The summed E-state index contributed by atoms with van der Waals surface area (Å²) < 4.78 is 0. The number of hydrogen-bond donors (Lipinski definition) is 2. The summed E-state index contributed by atoms with van der Waals surface area (Å²) in [6.45, 7) is 4.37. The maximum atomic E-state index is 5.80. The van der Waals surface area contributed by atoms with Gasteiger partial charge in [0, 0.05) is 23.5 Å². The van der Waals surface area contributed by atoms with Crippen molar-refractivity contribution < 1.29 is 0 Å². The van der Waals surface area contributed by atoms with Gasteiger partial charge in [-0.3, -0.25) is 11.3 Å². The third kappa shape index (κ3) is 3.31. The summed E-state index contributed by atoms with van der Waals surface area (Å²) in [5, 5.41) is 3.34. The van der Waals surface area contributed by atoms with Crippen molar-refractivity contribution in [1.29, 1.82) is 0 Å². The fourth-order valence-corrected chi connectivity index (χ4v) is 4.12. The van der Waals surface area contributed by atoms with E-state index in [2.05, 4.69) is 29.6 Å². The van der Waals surface area contributed by atoms with Crippen LogP contribution in [0.4, 0.5) is 0 Å². The maximum Gasteiger partial charge on any atom is 0.0944 e. The first-order valence-corrected chi connectivity index (χ1v) is 7.99. The van der Waals surface area contributed by atoms with E-state index in [9.17, 15) is 0 Å². The van der Waals surface area contributed by atoms with Crippen LogP contribution in [0.25, 0.3) is 0 Å². The van der Waals surface area contributed by atoms with Crippen LogP contribution in [0.1, 0.15) is 49.7 Å². The third-order valence-corrected chi connectivity index (χ3v) is 5.27. The van der Waals surface area contributed by atoms with Crippen molar-refractivity contribution >= 4 is 11.3 Å². The zero-order chi connectivity index (χ0) is 13.0. The first-order valence-electron chi connectivity index (χ1n) is 7.11. The van der Waals surface area contributed by atoms with Gasteiger partial charge in [-0.05, 0) is 25.2 Å². The largest absolute Gasteiger partial charge is 0.271 e. The molecule has 0 spiro atoms. The Morgan fingerprint density at radius 1 is 1.50 bits per heavy atom. The van der Waals surface area contributed by atoms with Crippen LogP contribution in [0.2, 0.25) is 0 Å². The Morgan fingerprint density at radius 2 is 2.28 bits per heavy atom. The molecule has 2 rings (SSSR count). The van der Waals surface area contributed by atoms with Crippen molar-refractivity contribution in [2.45, 2.75) is 58.4 Å². The third-order valence-electron chi connectivity index (χ3n) is 4.28. The summed E-state index contributed by atoms with van der Waals surface area (Å²) in [4.78, 5) is 4.57. The molecule has 1 aromatic rings. The number of nitrogens with one attached hydrogen (secondary N) is 1. The molecule has 0 radical (unpaired) electrons. The van der Waals surface area contributed by atoms with Crippen LogP contribution in [-0.2, 0) is 6.42 Å². The summed E-state index contributed by atoms with van der Waals surface area (Å²) >= 11 is 1.76. The highest BCUT2D eigenvalue weighted by Gasteiger charge is 2.30. The minimum Gasteiger partial charge on any atom is -0.271 e. The Kier molecular flexibility index (Phi) is 5.15. The van der Waals surface area contributed by atoms with E-state index < -0.39 is 0 Å². The zero-order valence-corrected chi connectivity index (χ0v) is 12.3. The molecule has 0 bridgehead atoms. The van der Waals surface area contributed by atoms with Crippen molar-refractivity contribution in [1.82, 2.24) is 10.4 Å². The highest BCUT2D eigenvalue weighted by molar-refractivity contribution is 7.09. The van der Waals surface area contributed by atoms with Gasteiger partial charge in [0.25, 0.3) is 0 Å². The molecule has 3 unspecified atom stereocenters. The molecule has 4 heteroatoms. The molecule has 102 valence electrons. The zero-order valence-electron chi connectivity index (χ0n) is 11.5. The first-order chi connectivity index (χ1) is 8.74. The average Bonchev–Trinajstić information content (AvgIpc) is 2.81. The van der Waals surface area contributed by atoms with Gasteiger partial charge in [-0.1, -0.05) is 32.6 Å². The summed E-state index contributed by atoms with van der Waals surface area (Å²) in [5.74, 6) is 7.36. The Hall–Kier alpha value is -0.450. The van der Waals surface area contributed by atoms with Gasteiger partial charge < -0.3 is 0 Å². The van der Waals surface area contributed by atoms with E-state index in [0.717, 1.165) is 24.0 Å². The molecule has 0 saturated heterocycles. The first kappa shape index (κ1) is 14.0. The lowest BCUT2D eigenvalue weighted by Crippen LogP contribution is -2.46. The molecule has 1 heterocycles. The molecule has 3 nitrogen and oxygen atoms in total. The minimum atomic E-state index is 0.390. The van der Waals surface area contributed by atoms with Crippen LogP contribution >= 0.6 is 11.3 Å². The Bertz CT molecular complexity index is 364. The molecule has 0 aromatic carbocycles. The predicted octanol–water partition coefficient (Wildman–Crippen LogP) is 3.04. The molecule has 1 fully saturated rings. The number of thiazole rings is 1. The maximum absolute atomic E-state index is 5.80. The lowest BCUT2D eigenvalue weighted by molar-refractivity contribution is 0.174. The SMILES string of the molecule is CCC1CCCCC1C(Cc1nc(C)cs1)NN. The number of hydrazine groups is 1. The second-order valence-corrected chi connectivity index (χ2v) is 6.42. The molecule has 1 aliphatic rings. The van der Waals surface area contributed by atoms with Crippen molar-refractivity contribution in [3.05, 3.63) is 16.1 Å². The van der Waals surface area contributed by atoms with Crippen molar-refractivity contribution in [2.75, 3.05) is 0 Å². The monoisotopic (exact) mass is 267 g/mol. The van der Waals surface area contributed by atoms with E-state index in [-0.39, 0.29) is 0 Å². The van der Waals surface area contributed by atoms with Crippen LogP contribution in [-0.4, -0.2) is 11.0 Å². The lowest BCUT2D eigenvalue weighted by Gasteiger charge is -2.36. The number of nitrogens with two attached hydrogens (primary N) is 1. The van der Waals surface area contributed by atoms with Crippen LogP contribution in [0.3, 0.4) is 0 Å². The molecule has 1 aromatic heterocycles. The molecular formula is C14H25N3S. The van der Waals surface area contributed by atoms with E-state index in [1.165, 1.54) is 37.1 Å². The summed E-state index contributed by atoms with van der Waals surface area (Å²) in [7, 11) is 0. The molecule has 1 aliphatic carbocycles. The fraction of sp³-hybridized carbons (Fsp3) is 0.786. The topological polar surface area (TPSA) is 50.9 Å². The van der Waals surface area contributed by atoms with E-state index in [1.807, 2.05) is 0 Å². The van der Waals surface area contributed by atoms with Crippen molar-refractivity contribution in [3.63, 3.8) is 0 Å². The van der Waals surface area contributed by atoms with Crippen LogP contribution in [0, 0.1) is 18.8 Å². The van der Waals surface area contributed by atoms with Gasteiger partial charge in [0.2, 0.25) is 0 Å². The van der Waals surface area contributed by atoms with Gasteiger partial charge in [0.05, 0.1) is 5.01 Å². The van der Waals surface area contributed by atoms with Crippen LogP contribution in [0.15, 0.2) is 5.38 Å². The smallest absolute Gasteiger partial charge is 0.0944 e. The summed E-state index contributed by atoms with van der Waals surface area (Å²) in [5.41, 5.74) is 4.19. The van der Waals surface area contributed by atoms with Gasteiger partial charge in [-0.2, -0.15) is 0 Å². The van der Waals surface area contributed by atoms with Crippen LogP contribution in [0.5, 0.6) is 0 Å². The molecule has 3 N–H and O–H groups in total. The normalized spacial score (nSPS) is 26.2. The van der Waals surface area contributed by atoms with Crippen molar-refractivity contribution in [3.8, 4) is 0 Å². The molecule has 0 aliphatic heterocycles. The van der Waals surface area contributed by atoms with E-state index >= 15 is 0 Å². The Labute approximate surface area is 114 Å². The second kappa shape index (κ2) is 6.64. The summed E-state index contributed by atoms with van der Waals surface area (Å²) in [6.07, 6.45) is 7.70. The average molecular weight is 267 g/mol. The van der Waals surface area contributed by atoms with E-state index in [0.29, 0.717) is 6.04 Å². The van der Waals surface area contributed by atoms with Crippen molar-refractivity contribution in [2.24, 2.45) is 17.7 Å². The fourth-order valence-electron chi connectivity index (χ4n) is 3.29. The lowest BCUT2D eigenvalue weighted by atomic mass is 9.73. The Morgan fingerprint density at radius 3 is 2.89 bits per heavy atom.